The van der Waals surface area contributed by atoms with Crippen LogP contribution in [0.3, 0.4) is 0 Å². The van der Waals surface area contributed by atoms with Crippen molar-refractivity contribution in [3.8, 4) is 0 Å². The summed E-state index contributed by atoms with van der Waals surface area (Å²) in [6.07, 6.45) is 0. The molecule has 0 bridgehead atoms. The average Bonchev–Trinajstić information content (AvgIpc) is 2.15. The van der Waals surface area contributed by atoms with Crippen molar-refractivity contribution < 1.29 is 13.3 Å². The molecule has 0 unspecified atom stereocenters. The minimum Gasteiger partial charge on any atom is -0.258 e. The number of hydrogen-bond donors (Lipinski definition) is 0. The highest BCUT2D eigenvalue weighted by molar-refractivity contribution is 9.42. The van der Waals surface area contributed by atoms with E-state index in [1.54, 1.807) is 0 Å². The molecule has 0 saturated carbocycles. The van der Waals surface area contributed by atoms with Gasteiger partial charge in [0.05, 0.1) is 4.92 Å². The Balaban J connectivity index is 3.59. The van der Waals surface area contributed by atoms with Crippen LogP contribution < -0.4 is 0 Å². The fourth-order valence-electron chi connectivity index (χ4n) is 0.985. The van der Waals surface area contributed by atoms with Crippen molar-refractivity contribution in [2.75, 3.05) is 0 Å². The van der Waals surface area contributed by atoms with E-state index in [-0.39, 0.29) is 0 Å². The van der Waals surface area contributed by atoms with Crippen LogP contribution in [0, 0.1) is 10.1 Å². The molecule has 1 aromatic rings. The normalized spacial score (nSPS) is 12.5. The van der Waals surface area contributed by atoms with Gasteiger partial charge in [0, 0.05) is 10.5 Å². The summed E-state index contributed by atoms with van der Waals surface area (Å²) in [5.74, 6) is 0. The molecular formula is C7H3Br4NO4S. The molecule has 10 heteroatoms. The second-order valence-corrected chi connectivity index (χ2v) is 14.1. The van der Waals surface area contributed by atoms with E-state index >= 15 is 0 Å². The van der Waals surface area contributed by atoms with E-state index in [9.17, 15) is 18.5 Å². The topological polar surface area (TPSA) is 77.3 Å². The molecule has 0 saturated heterocycles. The van der Waals surface area contributed by atoms with Gasteiger partial charge in [-0.1, -0.05) is 15.9 Å². The molecule has 0 atom stereocenters. The fourth-order valence-corrected chi connectivity index (χ4v) is 3.81. The molecule has 0 N–H and O–H groups in total. The molecule has 0 aliphatic carbocycles. The number of rotatable bonds is 2. The van der Waals surface area contributed by atoms with Crippen LogP contribution in [0.15, 0.2) is 27.6 Å². The van der Waals surface area contributed by atoms with Crippen LogP contribution in [0.2, 0.25) is 0 Å². The lowest BCUT2D eigenvalue weighted by Gasteiger charge is -2.13. The number of nitro groups is 1. The molecule has 0 spiro atoms. The van der Waals surface area contributed by atoms with Gasteiger partial charge in [-0.25, -0.2) is 8.42 Å². The van der Waals surface area contributed by atoms with E-state index in [0.29, 0.717) is 4.47 Å². The van der Waals surface area contributed by atoms with Gasteiger partial charge < -0.3 is 0 Å². The van der Waals surface area contributed by atoms with Gasteiger partial charge in [-0.15, -0.1) is 0 Å². The zero-order valence-corrected chi connectivity index (χ0v) is 14.9. The minimum absolute atomic E-state index is 0.392. The molecule has 5 nitrogen and oxygen atoms in total. The van der Waals surface area contributed by atoms with Gasteiger partial charge in [-0.3, -0.25) is 10.1 Å². The maximum absolute atomic E-state index is 12.0. The Hall–Kier alpha value is 0.490. The van der Waals surface area contributed by atoms with Gasteiger partial charge in [0.2, 0.25) is 11.3 Å². The number of nitro benzene ring substituents is 1. The van der Waals surface area contributed by atoms with E-state index in [0.717, 1.165) is 12.1 Å². The third-order valence-corrected chi connectivity index (χ3v) is 7.57. The summed E-state index contributed by atoms with van der Waals surface area (Å²) < 4.78 is 22.8. The van der Waals surface area contributed by atoms with Crippen molar-refractivity contribution in [2.45, 2.75) is 6.37 Å². The first-order valence-corrected chi connectivity index (χ1v) is 8.48. The molecule has 0 aromatic heterocycles. The van der Waals surface area contributed by atoms with Crippen LogP contribution in [0.5, 0.6) is 0 Å². The molecule has 0 heterocycles. The highest BCUT2D eigenvalue weighted by atomic mass is 80.0. The number of hydrogen-bond acceptors (Lipinski definition) is 4. The van der Waals surface area contributed by atoms with Crippen LogP contribution in [0.25, 0.3) is 0 Å². The number of alkyl halides is 3. The smallest absolute Gasteiger partial charge is 0.258 e. The van der Waals surface area contributed by atoms with Gasteiger partial charge in [0.1, 0.15) is 4.90 Å². The maximum Gasteiger partial charge on any atom is 0.289 e. The fraction of sp³-hybridized carbons (Fsp3) is 0.143. The number of sulfone groups is 1. The predicted molar refractivity (Wildman–Crippen MR) is 77.5 cm³/mol. The molecule has 17 heavy (non-hydrogen) atoms. The highest BCUT2D eigenvalue weighted by Gasteiger charge is 2.41. The van der Waals surface area contributed by atoms with Gasteiger partial charge >= 0.3 is 0 Å². The molecule has 0 radical (unpaired) electrons. The van der Waals surface area contributed by atoms with Crippen molar-refractivity contribution in [1.82, 2.24) is 0 Å². The van der Waals surface area contributed by atoms with Crippen LogP contribution in [-0.2, 0) is 9.84 Å². The monoisotopic (exact) mass is 513 g/mol. The molecule has 94 valence electrons. The van der Waals surface area contributed by atoms with E-state index < -0.39 is 26.8 Å². The van der Waals surface area contributed by atoms with Gasteiger partial charge in [-0.05, 0) is 59.9 Å². The summed E-state index contributed by atoms with van der Waals surface area (Å²) in [4.78, 5) is 9.68. The van der Waals surface area contributed by atoms with Crippen LogP contribution in [0.1, 0.15) is 0 Å². The minimum atomic E-state index is -3.98. The largest absolute Gasteiger partial charge is 0.289 e. The molecule has 1 rings (SSSR count). The quantitative estimate of drug-likeness (QED) is 0.339. The van der Waals surface area contributed by atoms with Gasteiger partial charge in [0.15, 0.2) is 0 Å². The summed E-state index contributed by atoms with van der Waals surface area (Å²) in [5, 5.41) is 10.8. The molecule has 1 aromatic carbocycles. The molecule has 0 aliphatic rings. The van der Waals surface area contributed by atoms with Crippen molar-refractivity contribution in [3.05, 3.63) is 32.8 Å². The lowest BCUT2D eigenvalue weighted by atomic mass is 10.3. The highest BCUT2D eigenvalue weighted by Crippen LogP contribution is 2.45. The van der Waals surface area contributed by atoms with Gasteiger partial charge in [-0.2, -0.15) is 0 Å². The second kappa shape index (κ2) is 5.24. The molecule has 0 fully saturated rings. The number of nitrogens with zero attached hydrogens (tertiary/aromatic N) is 1. The molecule has 0 aliphatic heterocycles. The van der Waals surface area contributed by atoms with Crippen molar-refractivity contribution in [2.24, 2.45) is 0 Å². The Labute approximate surface area is 131 Å². The van der Waals surface area contributed by atoms with Crippen molar-refractivity contribution >= 4 is 79.2 Å². The van der Waals surface area contributed by atoms with Crippen LogP contribution >= 0.6 is 63.7 Å². The average molecular weight is 517 g/mol. The van der Waals surface area contributed by atoms with Crippen molar-refractivity contribution in [1.29, 1.82) is 0 Å². The van der Waals surface area contributed by atoms with E-state index in [4.69, 9.17) is 0 Å². The third kappa shape index (κ3) is 3.28. The number of benzene rings is 1. The number of halogens is 4. The third-order valence-electron chi connectivity index (χ3n) is 1.71. The SMILES string of the molecule is O=[N+]([O-])c1cc(Br)ccc1S(=O)(=O)C(Br)(Br)Br. The lowest BCUT2D eigenvalue weighted by molar-refractivity contribution is -0.387. The Morgan fingerprint density at radius 2 is 1.76 bits per heavy atom. The summed E-state index contributed by atoms with van der Waals surface area (Å²) in [5.41, 5.74) is -0.498. The first-order valence-electron chi connectivity index (χ1n) is 3.82. The van der Waals surface area contributed by atoms with Crippen LogP contribution in [-0.4, -0.2) is 14.8 Å². The molecule has 0 amide bonds. The standard InChI is InChI=1S/C7H3Br4NO4S/c8-4-1-2-6(5(3-4)12(13)14)17(15,16)7(9,10)11/h1-3H. The Bertz CT molecular complexity index is 566. The second-order valence-electron chi connectivity index (χ2n) is 2.82. The molecular weight excluding hydrogens is 514 g/mol. The summed E-state index contributed by atoms with van der Waals surface area (Å²) in [6.45, 7) is 0. The first kappa shape index (κ1) is 15.5. The van der Waals surface area contributed by atoms with E-state index in [2.05, 4.69) is 63.7 Å². The predicted octanol–water partition coefficient (Wildman–Crippen LogP) is 3.93. The summed E-state index contributed by atoms with van der Waals surface area (Å²) in [7, 11) is -3.98. The Morgan fingerprint density at radius 3 is 2.18 bits per heavy atom. The Morgan fingerprint density at radius 1 is 1.24 bits per heavy atom. The maximum atomic E-state index is 12.0. The Kier molecular flexibility index (Phi) is 4.79. The summed E-state index contributed by atoms with van der Waals surface area (Å²) in [6, 6.07) is 3.71. The van der Waals surface area contributed by atoms with E-state index in [1.807, 2.05) is 0 Å². The van der Waals surface area contributed by atoms with E-state index in [1.165, 1.54) is 6.07 Å². The lowest BCUT2D eigenvalue weighted by Crippen LogP contribution is -2.19. The zero-order valence-electron chi connectivity index (χ0n) is 7.73. The van der Waals surface area contributed by atoms with Crippen molar-refractivity contribution in [3.63, 3.8) is 0 Å². The van der Waals surface area contributed by atoms with Crippen LogP contribution in [0.4, 0.5) is 5.69 Å². The zero-order chi connectivity index (χ0) is 13.4. The first-order chi connectivity index (χ1) is 7.57. The van der Waals surface area contributed by atoms with Gasteiger partial charge in [0.25, 0.3) is 5.69 Å². The summed E-state index contributed by atoms with van der Waals surface area (Å²) >= 11 is 11.6.